The summed E-state index contributed by atoms with van der Waals surface area (Å²) in [6, 6.07) is 15.1. The van der Waals surface area contributed by atoms with Gasteiger partial charge in [-0.15, -0.1) is 0 Å². The van der Waals surface area contributed by atoms with Crippen molar-refractivity contribution in [3.05, 3.63) is 53.1 Å². The van der Waals surface area contributed by atoms with Gasteiger partial charge in [-0.3, -0.25) is 0 Å². The minimum Gasteiger partial charge on any atom is -0.0614 e. The van der Waals surface area contributed by atoms with Gasteiger partial charge in [0.1, 0.15) is 5.30 Å². The summed E-state index contributed by atoms with van der Waals surface area (Å²) in [4.78, 5) is 0. The summed E-state index contributed by atoms with van der Waals surface area (Å²) < 4.78 is 0. The molecule has 0 amide bonds. The van der Waals surface area contributed by atoms with Crippen molar-refractivity contribution in [2.24, 2.45) is 0 Å². The van der Waals surface area contributed by atoms with Crippen LogP contribution in [0, 0.1) is 0 Å². The first-order chi connectivity index (χ1) is 18.0. The smallest absolute Gasteiger partial charge is 0.0614 e. The molecule has 0 aliphatic heterocycles. The molecule has 2 saturated carbocycles. The molecule has 0 unspecified atom stereocenters. The van der Waals surface area contributed by atoms with E-state index in [4.69, 9.17) is 0 Å². The van der Waals surface area contributed by atoms with E-state index in [1.807, 2.05) is 0 Å². The Morgan fingerprint density at radius 3 is 1.47 bits per heavy atom. The van der Waals surface area contributed by atoms with E-state index in [0.717, 1.165) is 11.3 Å². The quantitative estimate of drug-likeness (QED) is 0.310. The zero-order chi connectivity index (χ0) is 27.7. The molecule has 0 aromatic heterocycles. The van der Waals surface area contributed by atoms with Gasteiger partial charge < -0.3 is 0 Å². The van der Waals surface area contributed by atoms with E-state index in [0.29, 0.717) is 22.9 Å². The molecule has 2 aliphatic rings. The van der Waals surface area contributed by atoms with E-state index in [2.05, 4.69) is 98.7 Å². The molecular formula is C37H58P+. The molecule has 0 nitrogen and oxygen atoms in total. The van der Waals surface area contributed by atoms with Gasteiger partial charge in [-0.2, -0.15) is 0 Å². The Bertz CT molecular complexity index is 1010. The molecule has 210 valence electrons. The first kappa shape index (κ1) is 29.8. The standard InChI is InChI=1S/C37H58P/c1-26(2)29-24-33(27(3)4)36(34(25-29)28(5)6)32-22-16-17-23-35(32)38(37(7,8)9,30-18-12-10-13-19-30)31-20-14-11-15-21-31/h16-17,22-28,30-31H,10-15,18-21H2,1-9H3/q+1. The van der Waals surface area contributed by atoms with Crippen LogP contribution >= 0.6 is 7.26 Å². The molecule has 2 aromatic carbocycles. The molecule has 2 aromatic rings. The van der Waals surface area contributed by atoms with Crippen LogP contribution in [0.1, 0.15) is 161 Å². The van der Waals surface area contributed by atoms with E-state index < -0.39 is 7.26 Å². The fourth-order valence-electron chi connectivity index (χ4n) is 8.40. The lowest BCUT2D eigenvalue weighted by Crippen LogP contribution is -2.44. The third-order valence-corrected chi connectivity index (χ3v) is 16.9. The average Bonchev–Trinajstić information content (AvgIpc) is 2.89. The highest BCUT2D eigenvalue weighted by Gasteiger charge is 2.62. The van der Waals surface area contributed by atoms with Crippen LogP contribution in [0.2, 0.25) is 0 Å². The maximum atomic E-state index is 2.65. The third kappa shape index (κ3) is 5.55. The van der Waals surface area contributed by atoms with Crippen molar-refractivity contribution in [2.75, 3.05) is 0 Å². The summed E-state index contributed by atoms with van der Waals surface area (Å²) in [5.41, 5.74) is 9.64. The number of rotatable bonds is 7. The van der Waals surface area contributed by atoms with Crippen molar-refractivity contribution < 1.29 is 0 Å². The normalized spacial score (nSPS) is 18.6. The lowest BCUT2D eigenvalue weighted by molar-refractivity contribution is 0.471. The molecule has 4 rings (SSSR count). The average molecular weight is 534 g/mol. The number of benzene rings is 2. The minimum atomic E-state index is -1.52. The van der Waals surface area contributed by atoms with E-state index >= 15 is 0 Å². The summed E-state index contributed by atoms with van der Waals surface area (Å²) in [7, 11) is -1.52. The summed E-state index contributed by atoms with van der Waals surface area (Å²) in [6.45, 7) is 22.3. The molecule has 0 atom stereocenters. The zero-order valence-electron chi connectivity index (χ0n) is 26.4. The van der Waals surface area contributed by atoms with Gasteiger partial charge in [-0.1, -0.05) is 84.7 Å². The van der Waals surface area contributed by atoms with Crippen molar-refractivity contribution in [3.63, 3.8) is 0 Å². The Kier molecular flexibility index (Phi) is 9.56. The van der Waals surface area contributed by atoms with Crippen molar-refractivity contribution in [1.82, 2.24) is 0 Å². The molecule has 38 heavy (non-hydrogen) atoms. The highest BCUT2D eigenvalue weighted by atomic mass is 31.2. The molecule has 0 bridgehead atoms. The Morgan fingerprint density at radius 1 is 0.632 bits per heavy atom. The number of hydrogen-bond donors (Lipinski definition) is 0. The minimum absolute atomic E-state index is 0.320. The van der Waals surface area contributed by atoms with Crippen LogP contribution in [0.25, 0.3) is 11.1 Å². The van der Waals surface area contributed by atoms with Gasteiger partial charge >= 0.3 is 0 Å². The molecule has 1 heteroatoms. The second kappa shape index (κ2) is 12.2. The van der Waals surface area contributed by atoms with Crippen molar-refractivity contribution in [3.8, 4) is 11.1 Å². The van der Waals surface area contributed by atoms with Crippen molar-refractivity contribution in [2.45, 2.75) is 161 Å². The fraction of sp³-hybridized carbons (Fsp3) is 0.676. The van der Waals surface area contributed by atoms with Gasteiger partial charge in [0.25, 0.3) is 0 Å². The molecule has 0 saturated heterocycles. The summed E-state index contributed by atoms with van der Waals surface area (Å²) >= 11 is 0. The SMILES string of the molecule is CC(C)c1cc(C(C)C)c(-c2ccccc2[P+](C2CCCCC2)(C2CCCCC2)C(C)(C)C)c(C(C)C)c1. The lowest BCUT2D eigenvalue weighted by atomic mass is 9.82. The van der Waals surface area contributed by atoms with Crippen molar-refractivity contribution >= 4 is 12.6 Å². The second-order valence-corrected chi connectivity index (χ2v) is 19.4. The molecular weight excluding hydrogens is 475 g/mol. The van der Waals surface area contributed by atoms with Gasteiger partial charge in [-0.05, 0) is 118 Å². The highest BCUT2D eigenvalue weighted by molar-refractivity contribution is 7.85. The highest BCUT2D eigenvalue weighted by Crippen LogP contribution is 2.79. The summed E-state index contributed by atoms with van der Waals surface area (Å²) in [5, 5.41) is 2.12. The molecule has 0 N–H and O–H groups in total. The predicted octanol–water partition coefficient (Wildman–Crippen LogP) is 11.8. The van der Waals surface area contributed by atoms with E-state index in [1.54, 1.807) is 27.6 Å². The van der Waals surface area contributed by atoms with Crippen molar-refractivity contribution in [1.29, 1.82) is 0 Å². The molecule has 2 aliphatic carbocycles. The zero-order valence-corrected chi connectivity index (χ0v) is 27.3. The summed E-state index contributed by atoms with van der Waals surface area (Å²) in [5.74, 6) is 1.59. The summed E-state index contributed by atoms with van der Waals surface area (Å²) in [6.07, 6.45) is 14.5. The van der Waals surface area contributed by atoms with E-state index in [1.165, 1.54) is 69.8 Å². The Morgan fingerprint density at radius 2 is 1.08 bits per heavy atom. The molecule has 0 radical (unpaired) electrons. The molecule has 2 fully saturated rings. The first-order valence-electron chi connectivity index (χ1n) is 16.2. The fourth-order valence-corrected chi connectivity index (χ4v) is 16.0. The Hall–Kier alpha value is -1.13. The van der Waals surface area contributed by atoms with E-state index in [-0.39, 0.29) is 0 Å². The maximum Gasteiger partial charge on any atom is 0.103 e. The second-order valence-electron chi connectivity index (χ2n) is 14.6. The van der Waals surface area contributed by atoms with Crippen LogP contribution in [0.4, 0.5) is 0 Å². The van der Waals surface area contributed by atoms with Crippen LogP contribution in [-0.4, -0.2) is 16.5 Å². The van der Waals surface area contributed by atoms with Gasteiger partial charge in [0.2, 0.25) is 0 Å². The Balaban J connectivity index is 2.09. The third-order valence-electron chi connectivity index (χ3n) is 10.1. The monoisotopic (exact) mass is 533 g/mol. The van der Waals surface area contributed by atoms with Crippen LogP contribution in [0.15, 0.2) is 36.4 Å². The van der Waals surface area contributed by atoms with Crippen LogP contribution in [-0.2, 0) is 0 Å². The lowest BCUT2D eigenvalue weighted by Gasteiger charge is -2.51. The molecule has 0 spiro atoms. The van der Waals surface area contributed by atoms with Gasteiger partial charge in [0, 0.05) is 5.56 Å². The largest absolute Gasteiger partial charge is 0.103 e. The van der Waals surface area contributed by atoms with Gasteiger partial charge in [0.05, 0.1) is 23.7 Å². The predicted molar refractivity (Wildman–Crippen MR) is 174 cm³/mol. The van der Waals surface area contributed by atoms with Gasteiger partial charge in [-0.25, -0.2) is 0 Å². The van der Waals surface area contributed by atoms with Crippen LogP contribution in [0.5, 0.6) is 0 Å². The maximum absolute atomic E-state index is 2.65. The first-order valence-corrected chi connectivity index (χ1v) is 18.1. The topological polar surface area (TPSA) is 0 Å². The number of hydrogen-bond acceptors (Lipinski definition) is 0. The molecule has 0 heterocycles. The van der Waals surface area contributed by atoms with Gasteiger partial charge in [0.15, 0.2) is 0 Å². The Labute approximate surface area is 237 Å². The van der Waals surface area contributed by atoms with Crippen LogP contribution < -0.4 is 5.30 Å². The van der Waals surface area contributed by atoms with Crippen LogP contribution in [0.3, 0.4) is 0 Å². The van der Waals surface area contributed by atoms with E-state index in [9.17, 15) is 0 Å².